The Morgan fingerprint density at radius 2 is 1.71 bits per heavy atom. The van der Waals surface area contributed by atoms with Gasteiger partial charge in [-0.15, -0.1) is 0 Å². The minimum atomic E-state index is -3.60. The largest absolute Gasteiger partial charge is 0.296 e. The van der Waals surface area contributed by atoms with Gasteiger partial charge in [-0.25, -0.2) is 13.4 Å². The van der Waals surface area contributed by atoms with Crippen LogP contribution in [-0.2, 0) is 16.6 Å². The molecule has 1 aliphatic heterocycles. The topological polar surface area (TPSA) is 53.5 Å². The van der Waals surface area contributed by atoms with Gasteiger partial charge in [0.15, 0.2) is 0 Å². The predicted molar refractivity (Wildman–Crippen MR) is 94.7 cm³/mol. The highest BCUT2D eigenvalue weighted by atomic mass is 35.5. The Kier molecular flexibility index (Phi) is 5.42. The van der Waals surface area contributed by atoms with Crippen LogP contribution in [0.5, 0.6) is 0 Å². The SMILES string of the molecule is O=S(=O)(c1cnc(Cl)c(Cl)c1)N1CCN(Cc2ccccc2)CC1. The molecule has 2 heterocycles. The molecule has 8 heteroatoms. The molecule has 24 heavy (non-hydrogen) atoms. The summed E-state index contributed by atoms with van der Waals surface area (Å²) in [7, 11) is -3.60. The minimum absolute atomic E-state index is 0.0772. The second kappa shape index (κ2) is 7.37. The van der Waals surface area contributed by atoms with Gasteiger partial charge >= 0.3 is 0 Å². The Balaban J connectivity index is 1.66. The third-order valence-corrected chi connectivity index (χ3v) is 6.54. The molecular weight excluding hydrogens is 369 g/mol. The molecule has 0 unspecified atom stereocenters. The van der Waals surface area contributed by atoms with Crippen LogP contribution in [0, 0.1) is 0 Å². The molecule has 1 aromatic heterocycles. The molecular formula is C16H17Cl2N3O2S. The fourth-order valence-corrected chi connectivity index (χ4v) is 4.39. The van der Waals surface area contributed by atoms with E-state index in [0.29, 0.717) is 26.2 Å². The van der Waals surface area contributed by atoms with E-state index in [0.717, 1.165) is 6.54 Å². The van der Waals surface area contributed by atoms with Crippen LogP contribution >= 0.6 is 23.2 Å². The lowest BCUT2D eigenvalue weighted by Crippen LogP contribution is -2.48. The van der Waals surface area contributed by atoms with Gasteiger partial charge < -0.3 is 0 Å². The van der Waals surface area contributed by atoms with Crippen LogP contribution in [0.1, 0.15) is 5.56 Å². The quantitative estimate of drug-likeness (QED) is 0.759. The summed E-state index contributed by atoms with van der Waals surface area (Å²) in [5.41, 5.74) is 1.22. The number of rotatable bonds is 4. The van der Waals surface area contributed by atoms with Gasteiger partial charge in [0, 0.05) is 38.9 Å². The maximum Gasteiger partial charge on any atom is 0.244 e. The molecule has 1 saturated heterocycles. The van der Waals surface area contributed by atoms with Crippen LogP contribution in [0.4, 0.5) is 0 Å². The summed E-state index contributed by atoms with van der Waals surface area (Å²) in [6, 6.07) is 11.5. The maximum absolute atomic E-state index is 12.7. The Labute approximate surface area is 151 Å². The molecule has 0 amide bonds. The molecule has 0 bridgehead atoms. The van der Waals surface area contributed by atoms with Gasteiger partial charge in [-0.1, -0.05) is 53.5 Å². The van der Waals surface area contributed by atoms with Crippen LogP contribution in [0.3, 0.4) is 0 Å². The number of pyridine rings is 1. The molecule has 0 radical (unpaired) electrons. The van der Waals surface area contributed by atoms with Crippen molar-refractivity contribution in [2.24, 2.45) is 0 Å². The summed E-state index contributed by atoms with van der Waals surface area (Å²) in [5, 5.41) is 0.240. The first-order valence-electron chi connectivity index (χ1n) is 7.54. The summed E-state index contributed by atoms with van der Waals surface area (Å²) < 4.78 is 26.8. The number of piperazine rings is 1. The molecule has 1 aromatic carbocycles. The fraction of sp³-hybridized carbons (Fsp3) is 0.312. The Hall–Kier alpha value is -1.18. The van der Waals surface area contributed by atoms with E-state index in [1.54, 1.807) is 0 Å². The number of benzene rings is 1. The number of nitrogens with zero attached hydrogens (tertiary/aromatic N) is 3. The molecule has 1 fully saturated rings. The Morgan fingerprint density at radius 3 is 2.33 bits per heavy atom. The summed E-state index contributed by atoms with van der Waals surface area (Å²) >= 11 is 11.6. The minimum Gasteiger partial charge on any atom is -0.296 e. The number of aromatic nitrogens is 1. The average molecular weight is 386 g/mol. The number of hydrogen-bond acceptors (Lipinski definition) is 4. The maximum atomic E-state index is 12.7. The second-order valence-corrected chi connectivity index (χ2v) is 8.31. The number of hydrogen-bond donors (Lipinski definition) is 0. The molecule has 128 valence electrons. The second-order valence-electron chi connectivity index (χ2n) is 5.61. The van der Waals surface area contributed by atoms with Gasteiger partial charge in [0.1, 0.15) is 10.0 Å². The van der Waals surface area contributed by atoms with E-state index in [1.807, 2.05) is 18.2 Å². The van der Waals surface area contributed by atoms with Gasteiger partial charge in [0.05, 0.1) is 5.02 Å². The lowest BCUT2D eigenvalue weighted by atomic mass is 10.2. The van der Waals surface area contributed by atoms with Crippen molar-refractivity contribution >= 4 is 33.2 Å². The van der Waals surface area contributed by atoms with Gasteiger partial charge in [-0.05, 0) is 11.6 Å². The smallest absolute Gasteiger partial charge is 0.244 e. The van der Waals surface area contributed by atoms with Gasteiger partial charge in [-0.3, -0.25) is 4.90 Å². The lowest BCUT2D eigenvalue weighted by Gasteiger charge is -2.33. The van der Waals surface area contributed by atoms with Crippen molar-refractivity contribution in [2.45, 2.75) is 11.4 Å². The van der Waals surface area contributed by atoms with E-state index in [4.69, 9.17) is 23.2 Å². The Bertz CT molecular complexity index is 807. The van der Waals surface area contributed by atoms with Crippen molar-refractivity contribution in [3.8, 4) is 0 Å². The van der Waals surface area contributed by atoms with Crippen molar-refractivity contribution in [1.29, 1.82) is 0 Å². The van der Waals surface area contributed by atoms with Crippen molar-refractivity contribution in [2.75, 3.05) is 26.2 Å². The number of sulfonamides is 1. The van der Waals surface area contributed by atoms with Crippen LogP contribution in [0.25, 0.3) is 0 Å². The first-order valence-corrected chi connectivity index (χ1v) is 9.74. The van der Waals surface area contributed by atoms with Crippen molar-refractivity contribution in [3.63, 3.8) is 0 Å². The predicted octanol–water partition coefficient (Wildman–Crippen LogP) is 2.89. The molecule has 2 aromatic rings. The molecule has 0 spiro atoms. The average Bonchev–Trinajstić information content (AvgIpc) is 2.58. The zero-order valence-corrected chi connectivity index (χ0v) is 15.2. The van der Waals surface area contributed by atoms with Crippen LogP contribution in [-0.4, -0.2) is 48.8 Å². The van der Waals surface area contributed by atoms with E-state index in [2.05, 4.69) is 22.0 Å². The third-order valence-electron chi connectivity index (χ3n) is 3.99. The first kappa shape index (κ1) is 17.6. The molecule has 3 rings (SSSR count). The van der Waals surface area contributed by atoms with Gasteiger partial charge in [0.2, 0.25) is 10.0 Å². The number of halogens is 2. The normalized spacial score (nSPS) is 17.1. The lowest BCUT2D eigenvalue weighted by molar-refractivity contribution is 0.181. The van der Waals surface area contributed by atoms with E-state index in [-0.39, 0.29) is 15.1 Å². The van der Waals surface area contributed by atoms with E-state index >= 15 is 0 Å². The van der Waals surface area contributed by atoms with E-state index in [9.17, 15) is 8.42 Å². The summed E-state index contributed by atoms with van der Waals surface area (Å²) in [4.78, 5) is 6.15. The Morgan fingerprint density at radius 1 is 1.04 bits per heavy atom. The van der Waals surface area contributed by atoms with Crippen molar-refractivity contribution in [3.05, 3.63) is 58.3 Å². The van der Waals surface area contributed by atoms with E-state index < -0.39 is 10.0 Å². The van der Waals surface area contributed by atoms with Crippen LogP contribution < -0.4 is 0 Å². The molecule has 0 atom stereocenters. The summed E-state index contributed by atoms with van der Waals surface area (Å²) in [5.74, 6) is 0. The van der Waals surface area contributed by atoms with Crippen molar-refractivity contribution < 1.29 is 8.42 Å². The molecule has 5 nitrogen and oxygen atoms in total. The molecule has 1 aliphatic rings. The molecule has 0 saturated carbocycles. The van der Waals surface area contributed by atoms with Gasteiger partial charge in [0.25, 0.3) is 0 Å². The highest BCUT2D eigenvalue weighted by Gasteiger charge is 2.29. The first-order chi connectivity index (χ1) is 11.5. The van der Waals surface area contributed by atoms with Crippen LogP contribution in [0.15, 0.2) is 47.5 Å². The fourth-order valence-electron chi connectivity index (χ4n) is 2.66. The zero-order chi connectivity index (χ0) is 17.2. The van der Waals surface area contributed by atoms with Crippen LogP contribution in [0.2, 0.25) is 10.2 Å². The summed E-state index contributed by atoms with van der Waals surface area (Å²) in [6.45, 7) is 3.07. The van der Waals surface area contributed by atoms with Crippen molar-refractivity contribution in [1.82, 2.24) is 14.2 Å². The molecule has 0 aliphatic carbocycles. The zero-order valence-electron chi connectivity index (χ0n) is 12.9. The third kappa shape index (κ3) is 3.90. The summed E-state index contributed by atoms with van der Waals surface area (Å²) in [6.07, 6.45) is 1.25. The van der Waals surface area contributed by atoms with E-state index in [1.165, 1.54) is 22.1 Å². The highest BCUT2D eigenvalue weighted by molar-refractivity contribution is 7.89. The molecule has 0 N–H and O–H groups in total. The monoisotopic (exact) mass is 385 g/mol. The standard InChI is InChI=1S/C16H17Cl2N3O2S/c17-15-10-14(11-19-16(15)18)24(22,23)21-8-6-20(7-9-21)12-13-4-2-1-3-5-13/h1-5,10-11H,6-9,12H2. The van der Waals surface area contributed by atoms with Gasteiger partial charge in [-0.2, -0.15) is 4.31 Å². The highest BCUT2D eigenvalue weighted by Crippen LogP contribution is 2.25.